The number of rotatable bonds is 8. The summed E-state index contributed by atoms with van der Waals surface area (Å²) in [6.45, 7) is 2.30. The van der Waals surface area contributed by atoms with Gasteiger partial charge in [-0.25, -0.2) is 4.98 Å². The molecule has 24 heavy (non-hydrogen) atoms. The SMILES string of the molecule is COc1ccc2ccccc2c1CNCCCOc1ccccn1. The Kier molecular flexibility index (Phi) is 5.64. The van der Waals surface area contributed by atoms with Gasteiger partial charge in [0.05, 0.1) is 13.7 Å². The smallest absolute Gasteiger partial charge is 0.213 e. The molecule has 4 heteroatoms. The molecule has 0 fully saturated rings. The molecule has 0 saturated carbocycles. The van der Waals surface area contributed by atoms with Crippen molar-refractivity contribution in [3.8, 4) is 11.6 Å². The van der Waals surface area contributed by atoms with E-state index in [0.29, 0.717) is 12.5 Å². The van der Waals surface area contributed by atoms with Crippen LogP contribution >= 0.6 is 0 Å². The van der Waals surface area contributed by atoms with Crippen molar-refractivity contribution in [2.75, 3.05) is 20.3 Å². The molecule has 124 valence electrons. The molecule has 0 aliphatic heterocycles. The van der Waals surface area contributed by atoms with Gasteiger partial charge in [-0.2, -0.15) is 0 Å². The number of benzene rings is 2. The van der Waals surface area contributed by atoms with Crippen LogP contribution in [-0.2, 0) is 6.54 Å². The van der Waals surface area contributed by atoms with E-state index in [1.807, 2.05) is 24.3 Å². The Morgan fingerprint density at radius 2 is 1.88 bits per heavy atom. The van der Waals surface area contributed by atoms with Crippen molar-refractivity contribution in [3.63, 3.8) is 0 Å². The lowest BCUT2D eigenvalue weighted by atomic mass is 10.0. The predicted molar refractivity (Wildman–Crippen MR) is 96.6 cm³/mol. The Hall–Kier alpha value is -2.59. The summed E-state index contributed by atoms with van der Waals surface area (Å²) in [4.78, 5) is 4.14. The van der Waals surface area contributed by atoms with E-state index in [9.17, 15) is 0 Å². The lowest BCUT2D eigenvalue weighted by molar-refractivity contribution is 0.296. The Labute approximate surface area is 142 Å². The number of methoxy groups -OCH3 is 1. The fraction of sp³-hybridized carbons (Fsp3) is 0.250. The maximum Gasteiger partial charge on any atom is 0.213 e. The maximum absolute atomic E-state index is 5.60. The van der Waals surface area contributed by atoms with E-state index >= 15 is 0 Å². The van der Waals surface area contributed by atoms with E-state index in [0.717, 1.165) is 25.3 Å². The highest BCUT2D eigenvalue weighted by molar-refractivity contribution is 5.87. The van der Waals surface area contributed by atoms with Gasteiger partial charge in [0.25, 0.3) is 0 Å². The highest BCUT2D eigenvalue weighted by Gasteiger charge is 2.07. The summed E-state index contributed by atoms with van der Waals surface area (Å²) in [5, 5.41) is 5.94. The maximum atomic E-state index is 5.60. The normalized spacial score (nSPS) is 10.7. The molecule has 0 radical (unpaired) electrons. The summed E-state index contributed by atoms with van der Waals surface area (Å²) in [6, 6.07) is 18.2. The molecule has 1 heterocycles. The molecule has 0 amide bonds. The van der Waals surface area contributed by atoms with Crippen LogP contribution in [-0.4, -0.2) is 25.2 Å². The van der Waals surface area contributed by atoms with Gasteiger partial charge in [-0.1, -0.05) is 36.4 Å². The fourth-order valence-corrected chi connectivity index (χ4v) is 2.71. The second-order valence-electron chi connectivity index (χ2n) is 5.51. The van der Waals surface area contributed by atoms with Crippen LogP contribution in [0.25, 0.3) is 10.8 Å². The van der Waals surface area contributed by atoms with E-state index in [2.05, 4.69) is 40.6 Å². The Morgan fingerprint density at radius 3 is 2.71 bits per heavy atom. The molecule has 2 aromatic carbocycles. The van der Waals surface area contributed by atoms with E-state index in [-0.39, 0.29) is 0 Å². The molecule has 0 aliphatic rings. The minimum absolute atomic E-state index is 0.649. The average molecular weight is 322 g/mol. The van der Waals surface area contributed by atoms with Crippen molar-refractivity contribution in [2.45, 2.75) is 13.0 Å². The van der Waals surface area contributed by atoms with Gasteiger partial charge in [0.1, 0.15) is 5.75 Å². The third-order valence-corrected chi connectivity index (χ3v) is 3.90. The topological polar surface area (TPSA) is 43.4 Å². The lowest BCUT2D eigenvalue weighted by Crippen LogP contribution is -2.17. The van der Waals surface area contributed by atoms with Gasteiger partial charge < -0.3 is 14.8 Å². The highest BCUT2D eigenvalue weighted by atomic mass is 16.5. The standard InChI is InChI=1S/C20H22N2O2/c1-23-19-11-10-16-7-2-3-8-17(16)18(19)15-21-12-6-14-24-20-9-4-5-13-22-20/h2-5,7-11,13,21H,6,12,14-15H2,1H3. The minimum atomic E-state index is 0.649. The van der Waals surface area contributed by atoms with Crippen molar-refractivity contribution in [3.05, 3.63) is 66.4 Å². The number of nitrogens with one attached hydrogen (secondary N) is 1. The quantitative estimate of drug-likeness (QED) is 0.641. The summed E-state index contributed by atoms with van der Waals surface area (Å²) < 4.78 is 11.1. The molecule has 0 saturated heterocycles. The second-order valence-corrected chi connectivity index (χ2v) is 5.51. The van der Waals surface area contributed by atoms with Gasteiger partial charge in [0.2, 0.25) is 5.88 Å². The molecule has 0 aliphatic carbocycles. The van der Waals surface area contributed by atoms with Gasteiger partial charge in [-0.3, -0.25) is 0 Å². The number of hydrogen-bond acceptors (Lipinski definition) is 4. The number of nitrogens with zero attached hydrogens (tertiary/aromatic N) is 1. The first-order valence-corrected chi connectivity index (χ1v) is 8.17. The van der Waals surface area contributed by atoms with Crippen molar-refractivity contribution in [1.29, 1.82) is 0 Å². The molecule has 4 nitrogen and oxygen atoms in total. The van der Waals surface area contributed by atoms with E-state index in [1.165, 1.54) is 16.3 Å². The number of pyridine rings is 1. The highest BCUT2D eigenvalue weighted by Crippen LogP contribution is 2.27. The first-order valence-electron chi connectivity index (χ1n) is 8.17. The fourth-order valence-electron chi connectivity index (χ4n) is 2.71. The van der Waals surface area contributed by atoms with E-state index in [1.54, 1.807) is 13.3 Å². The number of aromatic nitrogens is 1. The molecule has 3 aromatic rings. The first-order chi connectivity index (χ1) is 11.9. The monoisotopic (exact) mass is 322 g/mol. The minimum Gasteiger partial charge on any atom is -0.496 e. The molecule has 0 atom stereocenters. The molecule has 0 unspecified atom stereocenters. The molecule has 0 spiro atoms. The van der Waals surface area contributed by atoms with Crippen molar-refractivity contribution >= 4 is 10.8 Å². The van der Waals surface area contributed by atoms with Gasteiger partial charge in [-0.15, -0.1) is 0 Å². The number of ether oxygens (including phenoxy) is 2. The van der Waals surface area contributed by atoms with Crippen molar-refractivity contribution < 1.29 is 9.47 Å². The third-order valence-electron chi connectivity index (χ3n) is 3.90. The largest absolute Gasteiger partial charge is 0.496 e. The zero-order chi connectivity index (χ0) is 16.6. The summed E-state index contributed by atoms with van der Waals surface area (Å²) >= 11 is 0. The molecular weight excluding hydrogens is 300 g/mol. The van der Waals surface area contributed by atoms with Crippen LogP contribution in [0.15, 0.2) is 60.8 Å². The van der Waals surface area contributed by atoms with E-state index < -0.39 is 0 Å². The molecule has 0 bridgehead atoms. The van der Waals surface area contributed by atoms with Crippen LogP contribution in [0.4, 0.5) is 0 Å². The van der Waals surface area contributed by atoms with Crippen molar-refractivity contribution in [2.24, 2.45) is 0 Å². The van der Waals surface area contributed by atoms with Crippen LogP contribution in [0, 0.1) is 0 Å². The summed E-state index contributed by atoms with van der Waals surface area (Å²) in [7, 11) is 1.72. The average Bonchev–Trinajstić information content (AvgIpc) is 2.65. The number of hydrogen-bond donors (Lipinski definition) is 1. The molecule has 3 rings (SSSR count). The molecule has 1 aromatic heterocycles. The zero-order valence-corrected chi connectivity index (χ0v) is 13.9. The number of fused-ring (bicyclic) bond motifs is 1. The van der Waals surface area contributed by atoms with Crippen molar-refractivity contribution in [1.82, 2.24) is 10.3 Å². The Bertz CT molecular complexity index is 775. The van der Waals surface area contributed by atoms with Crippen LogP contribution in [0.1, 0.15) is 12.0 Å². The first kappa shape index (κ1) is 16.3. The summed E-state index contributed by atoms with van der Waals surface area (Å²) in [5.74, 6) is 1.60. The predicted octanol–water partition coefficient (Wildman–Crippen LogP) is 3.80. The van der Waals surface area contributed by atoms with Gasteiger partial charge in [0, 0.05) is 24.4 Å². The third kappa shape index (κ3) is 4.03. The van der Waals surface area contributed by atoms with Crippen LogP contribution < -0.4 is 14.8 Å². The summed E-state index contributed by atoms with van der Waals surface area (Å²) in [6.07, 6.45) is 2.66. The summed E-state index contributed by atoms with van der Waals surface area (Å²) in [5.41, 5.74) is 1.20. The van der Waals surface area contributed by atoms with Gasteiger partial charge in [0.15, 0.2) is 0 Å². The lowest BCUT2D eigenvalue weighted by Gasteiger charge is -2.13. The van der Waals surface area contributed by atoms with Gasteiger partial charge in [-0.05, 0) is 35.9 Å². The van der Waals surface area contributed by atoms with Crippen LogP contribution in [0.5, 0.6) is 11.6 Å². The van der Waals surface area contributed by atoms with Crippen LogP contribution in [0.2, 0.25) is 0 Å². The second kappa shape index (κ2) is 8.31. The zero-order valence-electron chi connectivity index (χ0n) is 13.9. The van der Waals surface area contributed by atoms with E-state index in [4.69, 9.17) is 9.47 Å². The molecule has 1 N–H and O–H groups in total. The van der Waals surface area contributed by atoms with Crippen LogP contribution in [0.3, 0.4) is 0 Å². The Morgan fingerprint density at radius 1 is 1.00 bits per heavy atom. The Balaban J connectivity index is 1.52. The molecular formula is C20H22N2O2. The van der Waals surface area contributed by atoms with Gasteiger partial charge >= 0.3 is 0 Å².